The van der Waals surface area contributed by atoms with Crippen LogP contribution in [0.25, 0.3) is 6.08 Å². The number of nitrogens with zero attached hydrogens (tertiary/aromatic N) is 1. The number of carbonyl (C=O) groups excluding carboxylic acids is 2. The molecule has 12 heteroatoms. The number of rotatable bonds is 14. The van der Waals surface area contributed by atoms with E-state index in [9.17, 15) is 31.9 Å². The number of alkyl halides is 3. The van der Waals surface area contributed by atoms with Crippen LogP contribution in [0, 0.1) is 13.8 Å². The van der Waals surface area contributed by atoms with Gasteiger partial charge in [-0.1, -0.05) is 38.2 Å². The number of amides is 2. The third-order valence-electron chi connectivity index (χ3n) is 6.02. The summed E-state index contributed by atoms with van der Waals surface area (Å²) in [4.78, 5) is 30.9. The number of allylic oxidation sites excluding steroid dienone is 2. The summed E-state index contributed by atoms with van der Waals surface area (Å²) >= 11 is 0. The van der Waals surface area contributed by atoms with Crippen LogP contribution < -0.4 is 10.6 Å². The van der Waals surface area contributed by atoms with Crippen molar-refractivity contribution in [3.8, 4) is 0 Å². The highest BCUT2D eigenvalue weighted by molar-refractivity contribution is 8.24. The molecule has 0 radical (unpaired) electrons. The Morgan fingerprint density at radius 3 is 2.33 bits per heavy atom. The fourth-order valence-electron chi connectivity index (χ4n) is 3.57. The van der Waals surface area contributed by atoms with Crippen LogP contribution in [0.2, 0.25) is 0 Å². The monoisotopic (exact) mass is 574 g/mol. The molecule has 0 aliphatic rings. The Morgan fingerprint density at radius 2 is 1.77 bits per heavy atom. The van der Waals surface area contributed by atoms with Crippen molar-refractivity contribution in [1.82, 2.24) is 20.5 Å². The van der Waals surface area contributed by atoms with E-state index >= 15 is 0 Å². The first-order chi connectivity index (χ1) is 18.2. The number of carbonyl (C=O) groups is 2. The summed E-state index contributed by atoms with van der Waals surface area (Å²) in [5.74, 6) is -1.63. The lowest BCUT2D eigenvalue weighted by Crippen LogP contribution is -2.35. The molecule has 39 heavy (non-hydrogen) atoms. The Hall–Kier alpha value is -2.80. The highest BCUT2D eigenvalue weighted by atomic mass is 32.3. The van der Waals surface area contributed by atoms with Gasteiger partial charge in [0, 0.05) is 35.6 Å². The molecule has 8 nitrogen and oxygen atoms in total. The average Bonchev–Trinajstić information content (AvgIpc) is 3.14. The molecule has 0 unspecified atom stereocenters. The molecule has 0 bridgehead atoms. The molecule has 1 aromatic heterocycles. The lowest BCUT2D eigenvalue weighted by Gasteiger charge is -2.29. The maximum atomic E-state index is 12.9. The van der Waals surface area contributed by atoms with Gasteiger partial charge in [-0.3, -0.25) is 18.7 Å². The first-order valence-corrected chi connectivity index (χ1v) is 14.5. The van der Waals surface area contributed by atoms with Crippen molar-refractivity contribution in [2.24, 2.45) is 0 Å². The van der Waals surface area contributed by atoms with Crippen LogP contribution in [0.5, 0.6) is 0 Å². The molecule has 0 aliphatic heterocycles. The number of likely N-dealkylation sites (N-methyl/N-ethyl adjacent to an activating group) is 1. The molecule has 220 valence electrons. The van der Waals surface area contributed by atoms with Crippen molar-refractivity contribution in [3.63, 3.8) is 0 Å². The maximum absolute atomic E-state index is 12.9. The number of aromatic amines is 1. The van der Waals surface area contributed by atoms with Crippen molar-refractivity contribution in [2.45, 2.75) is 47.7 Å². The van der Waals surface area contributed by atoms with Crippen molar-refractivity contribution in [2.75, 3.05) is 37.7 Å². The van der Waals surface area contributed by atoms with Crippen molar-refractivity contribution in [1.29, 1.82) is 0 Å². The summed E-state index contributed by atoms with van der Waals surface area (Å²) in [6, 6.07) is 0. The van der Waals surface area contributed by atoms with Gasteiger partial charge >= 0.3 is 6.18 Å². The minimum Gasteiger partial charge on any atom is -0.358 e. The lowest BCUT2D eigenvalue weighted by atomic mass is 10.1. The highest BCUT2D eigenvalue weighted by Crippen LogP contribution is 2.39. The van der Waals surface area contributed by atoms with E-state index in [4.69, 9.17) is 0 Å². The second-order valence-electron chi connectivity index (χ2n) is 8.94. The van der Waals surface area contributed by atoms with E-state index < -0.39 is 34.0 Å². The number of H-pyrrole nitrogens is 1. The Morgan fingerprint density at radius 1 is 1.13 bits per heavy atom. The number of hydrogen-bond donors (Lipinski definition) is 5. The van der Waals surface area contributed by atoms with Gasteiger partial charge in [-0.25, -0.2) is 0 Å². The second-order valence-corrected chi connectivity index (χ2v) is 11.2. The fourth-order valence-corrected chi connectivity index (χ4v) is 4.63. The van der Waals surface area contributed by atoms with Gasteiger partial charge < -0.3 is 20.5 Å². The van der Waals surface area contributed by atoms with Gasteiger partial charge in [0.2, 0.25) is 0 Å². The quantitative estimate of drug-likeness (QED) is 0.113. The Kier molecular flexibility index (Phi) is 13.8. The number of halogens is 3. The van der Waals surface area contributed by atoms with Crippen LogP contribution in [0.15, 0.2) is 41.7 Å². The predicted molar refractivity (Wildman–Crippen MR) is 153 cm³/mol. The van der Waals surface area contributed by atoms with E-state index in [2.05, 4.69) is 34.4 Å². The molecule has 0 saturated heterocycles. The zero-order valence-corrected chi connectivity index (χ0v) is 24.2. The van der Waals surface area contributed by atoms with E-state index in [0.29, 0.717) is 29.1 Å². The second kappa shape index (κ2) is 15.7. The summed E-state index contributed by atoms with van der Waals surface area (Å²) in [6.07, 6.45) is 3.49. The molecule has 1 aromatic rings. The molecular weight excluding hydrogens is 533 g/mol. The number of hydrogen-bond acceptors (Lipinski definition) is 5. The largest absolute Gasteiger partial charge is 0.412 e. The average molecular weight is 575 g/mol. The third kappa shape index (κ3) is 11.5. The van der Waals surface area contributed by atoms with Crippen LogP contribution in [0.1, 0.15) is 55.0 Å². The summed E-state index contributed by atoms with van der Waals surface area (Å²) in [6.45, 7) is 13.2. The zero-order chi connectivity index (χ0) is 29.8. The van der Waals surface area contributed by atoms with E-state index in [-0.39, 0.29) is 17.2 Å². The van der Waals surface area contributed by atoms with E-state index in [0.717, 1.165) is 32.6 Å². The Balaban J connectivity index is 3.17. The van der Waals surface area contributed by atoms with Crippen molar-refractivity contribution >= 4 is 28.5 Å². The Bertz CT molecular complexity index is 1100. The smallest absolute Gasteiger partial charge is 0.358 e. The maximum Gasteiger partial charge on any atom is 0.412 e. The molecule has 0 saturated carbocycles. The highest BCUT2D eigenvalue weighted by Gasteiger charge is 2.30. The first-order valence-electron chi connectivity index (χ1n) is 12.6. The van der Waals surface area contributed by atoms with E-state index in [1.165, 1.54) is 24.4 Å². The van der Waals surface area contributed by atoms with Crippen molar-refractivity contribution in [3.05, 3.63) is 64.2 Å². The molecule has 1 rings (SSSR count). The first kappa shape index (κ1) is 34.2. The fraction of sp³-hybridized carbons (Fsp3) is 0.481. The standard InChI is InChI=1S/C27H41F3N4O4S/c1-7-13-31-25(35)22(11-10-16-39(37,38)17-12-19(4)27(28,29)30)18-23-20(5)24(21(6)33-23)26(36)32-14-15-34(8-2)9-3/h7,10-13,18,33,37-38H,8-9,14-17H2,1-6H3,(H,31,35)(H,32,36)/b11-10+,13-7+,19-12-,22-18-. The molecule has 0 aliphatic carbocycles. The van der Waals surface area contributed by atoms with Gasteiger partial charge in [0.1, 0.15) is 0 Å². The molecule has 0 atom stereocenters. The SMILES string of the molecule is C/C=C/NC(=O)C(=C\c1[nH]c(C)c(C(=O)NCCN(CC)CC)c1C)/C=C/CS(O)(O)C/C=C(/C)C(F)(F)F. The molecular formula is C27H41F3N4O4S. The molecule has 0 spiro atoms. The zero-order valence-electron chi connectivity index (χ0n) is 23.4. The molecule has 0 aromatic carbocycles. The molecule has 1 heterocycles. The summed E-state index contributed by atoms with van der Waals surface area (Å²) in [5, 5.41) is 5.51. The van der Waals surface area contributed by atoms with Gasteiger partial charge in [-0.15, -0.1) is 0 Å². The van der Waals surface area contributed by atoms with Crippen LogP contribution in [0.4, 0.5) is 13.2 Å². The van der Waals surface area contributed by atoms with Gasteiger partial charge in [0.25, 0.3) is 11.8 Å². The summed E-state index contributed by atoms with van der Waals surface area (Å²) in [7, 11) is -3.39. The Labute approximate surface area is 230 Å². The normalized spacial score (nSPS) is 14.1. The predicted octanol–water partition coefficient (Wildman–Crippen LogP) is 5.55. The lowest BCUT2D eigenvalue weighted by molar-refractivity contribution is -0.116. The van der Waals surface area contributed by atoms with Crippen LogP contribution in [0.3, 0.4) is 0 Å². The molecule has 5 N–H and O–H groups in total. The van der Waals surface area contributed by atoms with Crippen LogP contribution in [-0.4, -0.2) is 74.7 Å². The van der Waals surface area contributed by atoms with Gasteiger partial charge in [0.05, 0.1) is 17.1 Å². The summed E-state index contributed by atoms with van der Waals surface area (Å²) < 4.78 is 58.4. The van der Waals surface area contributed by atoms with E-state index in [1.54, 1.807) is 26.8 Å². The van der Waals surface area contributed by atoms with E-state index in [1.807, 2.05) is 0 Å². The number of nitrogens with one attached hydrogen (secondary N) is 3. The van der Waals surface area contributed by atoms with Crippen LogP contribution in [-0.2, 0) is 4.79 Å². The topological polar surface area (TPSA) is 118 Å². The molecule has 0 fully saturated rings. The third-order valence-corrected chi connectivity index (χ3v) is 7.45. The number of aromatic nitrogens is 1. The van der Waals surface area contributed by atoms with Gasteiger partial charge in [-0.2, -0.15) is 23.8 Å². The van der Waals surface area contributed by atoms with Crippen molar-refractivity contribution < 1.29 is 31.9 Å². The number of aryl methyl sites for hydroxylation is 1. The van der Waals surface area contributed by atoms with Gasteiger partial charge in [0.15, 0.2) is 0 Å². The minimum atomic E-state index is -4.54. The van der Waals surface area contributed by atoms with Crippen LogP contribution >= 0.6 is 10.6 Å². The minimum absolute atomic E-state index is 0.142. The van der Waals surface area contributed by atoms with Gasteiger partial charge in [-0.05, 0) is 58.6 Å². The molecule has 2 amide bonds. The summed E-state index contributed by atoms with van der Waals surface area (Å²) in [5.41, 5.74) is 1.48.